The van der Waals surface area contributed by atoms with Crippen molar-refractivity contribution in [3.8, 4) is 22.6 Å². The third-order valence-corrected chi connectivity index (χ3v) is 5.55. The highest BCUT2D eigenvalue weighted by molar-refractivity contribution is 5.68. The Bertz CT molecular complexity index is 1430. The van der Waals surface area contributed by atoms with E-state index >= 15 is 0 Å². The van der Waals surface area contributed by atoms with Gasteiger partial charge in [-0.2, -0.15) is 23.4 Å². The highest BCUT2D eigenvalue weighted by Gasteiger charge is 2.31. The number of imidazole rings is 1. The Kier molecular flexibility index (Phi) is 4.99. The van der Waals surface area contributed by atoms with Crippen LogP contribution >= 0.6 is 0 Å². The summed E-state index contributed by atoms with van der Waals surface area (Å²) in [7, 11) is 1.83. The number of alkyl halides is 3. The van der Waals surface area contributed by atoms with Gasteiger partial charge in [-0.05, 0) is 24.1 Å². The van der Waals surface area contributed by atoms with E-state index in [4.69, 9.17) is 4.98 Å². The van der Waals surface area contributed by atoms with Crippen LogP contribution in [0, 0.1) is 0 Å². The minimum Gasteiger partial charge on any atom is -0.284 e. The van der Waals surface area contributed by atoms with Crippen LogP contribution in [0.25, 0.3) is 28.3 Å². The summed E-state index contributed by atoms with van der Waals surface area (Å²) < 4.78 is 44.9. The average Bonchev–Trinajstić information content (AvgIpc) is 3.54. The zero-order chi connectivity index (χ0) is 23.2. The van der Waals surface area contributed by atoms with Crippen LogP contribution in [0.2, 0.25) is 0 Å². The van der Waals surface area contributed by atoms with Crippen LogP contribution in [0.15, 0.2) is 67.5 Å². The van der Waals surface area contributed by atoms with Crippen molar-refractivity contribution in [1.82, 2.24) is 33.9 Å². The summed E-state index contributed by atoms with van der Waals surface area (Å²) in [6.45, 7) is 1.92. The predicted molar refractivity (Wildman–Crippen MR) is 116 cm³/mol. The molecule has 0 bridgehead atoms. The molecule has 0 saturated heterocycles. The van der Waals surface area contributed by atoms with Crippen molar-refractivity contribution in [3.05, 3.63) is 78.6 Å². The van der Waals surface area contributed by atoms with Gasteiger partial charge in [0, 0.05) is 43.5 Å². The van der Waals surface area contributed by atoms with Crippen molar-refractivity contribution >= 4 is 5.65 Å². The molecule has 1 unspecified atom stereocenters. The first-order chi connectivity index (χ1) is 15.8. The van der Waals surface area contributed by atoms with Crippen LogP contribution in [0.1, 0.15) is 30.5 Å². The summed E-state index contributed by atoms with van der Waals surface area (Å²) in [4.78, 5) is 9.21. The largest absolute Gasteiger partial charge is 0.416 e. The second kappa shape index (κ2) is 7.88. The second-order valence-electron chi connectivity index (χ2n) is 7.78. The molecule has 0 aliphatic heterocycles. The van der Waals surface area contributed by atoms with E-state index in [1.54, 1.807) is 34.0 Å². The Balaban J connectivity index is 1.56. The average molecular weight is 451 g/mol. The number of aryl methyl sites for hydroxylation is 1. The normalized spacial score (nSPS) is 13.0. The number of nitrogens with zero attached hydrogens (tertiary/aromatic N) is 7. The number of hydrogen-bond donors (Lipinski definition) is 0. The van der Waals surface area contributed by atoms with E-state index < -0.39 is 11.7 Å². The number of halogens is 3. The fourth-order valence-corrected chi connectivity index (χ4v) is 3.95. The van der Waals surface area contributed by atoms with E-state index in [1.165, 1.54) is 12.1 Å². The fraction of sp³-hybridized carbons (Fsp3) is 0.217. The summed E-state index contributed by atoms with van der Waals surface area (Å²) in [5.41, 5.74) is 2.90. The van der Waals surface area contributed by atoms with Gasteiger partial charge in [0.1, 0.15) is 11.5 Å². The van der Waals surface area contributed by atoms with Crippen molar-refractivity contribution < 1.29 is 13.2 Å². The molecule has 1 aromatic carbocycles. The van der Waals surface area contributed by atoms with Crippen LogP contribution in [-0.2, 0) is 13.2 Å². The molecule has 4 heterocycles. The van der Waals surface area contributed by atoms with Gasteiger partial charge >= 0.3 is 6.18 Å². The molecule has 168 valence electrons. The molecule has 0 saturated carbocycles. The van der Waals surface area contributed by atoms with Crippen molar-refractivity contribution in [2.24, 2.45) is 7.05 Å². The molecule has 0 fully saturated rings. The number of rotatable bonds is 5. The molecular weight excluding hydrogens is 431 g/mol. The van der Waals surface area contributed by atoms with Gasteiger partial charge in [-0.15, -0.1) is 0 Å². The zero-order valence-electron chi connectivity index (χ0n) is 17.9. The van der Waals surface area contributed by atoms with E-state index in [2.05, 4.69) is 15.2 Å². The maximum atomic E-state index is 13.2. The molecule has 5 rings (SSSR count). The van der Waals surface area contributed by atoms with Gasteiger partial charge in [0.25, 0.3) is 0 Å². The standard InChI is InChI=1S/C23H20F3N7/c1-3-20(15-5-4-6-18(9-15)23(24,25)26)33-14-17(12-29-33)22-30-19(16-11-28-31(2)13-16)10-21-27-7-8-32(21)22/h4-14,20H,3H2,1-2H3. The molecule has 0 spiro atoms. The lowest BCUT2D eigenvalue weighted by atomic mass is 10.0. The lowest BCUT2D eigenvalue weighted by Gasteiger charge is -2.18. The highest BCUT2D eigenvalue weighted by atomic mass is 19.4. The third kappa shape index (κ3) is 3.88. The molecule has 33 heavy (non-hydrogen) atoms. The molecule has 4 aromatic heterocycles. The Labute approximate surface area is 187 Å². The van der Waals surface area contributed by atoms with Crippen LogP contribution in [0.3, 0.4) is 0 Å². The van der Waals surface area contributed by atoms with E-state index in [0.29, 0.717) is 17.8 Å². The Morgan fingerprint density at radius 2 is 1.85 bits per heavy atom. The summed E-state index contributed by atoms with van der Waals surface area (Å²) in [5.74, 6) is 0.633. The first-order valence-corrected chi connectivity index (χ1v) is 10.4. The fourth-order valence-electron chi connectivity index (χ4n) is 3.95. The molecule has 0 aliphatic carbocycles. The minimum atomic E-state index is -4.40. The molecule has 5 aromatic rings. The van der Waals surface area contributed by atoms with Gasteiger partial charge in [0.2, 0.25) is 0 Å². The number of aromatic nitrogens is 7. The van der Waals surface area contributed by atoms with Gasteiger partial charge in [-0.1, -0.05) is 19.1 Å². The van der Waals surface area contributed by atoms with Gasteiger partial charge in [-0.3, -0.25) is 13.8 Å². The van der Waals surface area contributed by atoms with Gasteiger partial charge < -0.3 is 0 Å². The molecular formula is C23H20F3N7. The molecule has 0 radical (unpaired) electrons. The maximum absolute atomic E-state index is 13.2. The van der Waals surface area contributed by atoms with E-state index in [-0.39, 0.29) is 6.04 Å². The van der Waals surface area contributed by atoms with Crippen LogP contribution in [0.5, 0.6) is 0 Å². The first kappa shape index (κ1) is 20.9. The molecule has 0 aliphatic rings. The molecule has 7 nitrogen and oxygen atoms in total. The summed E-state index contributed by atoms with van der Waals surface area (Å²) in [6, 6.07) is 6.92. The van der Waals surface area contributed by atoms with E-state index in [9.17, 15) is 13.2 Å². The van der Waals surface area contributed by atoms with E-state index in [0.717, 1.165) is 28.5 Å². The Morgan fingerprint density at radius 3 is 2.58 bits per heavy atom. The minimum absolute atomic E-state index is 0.346. The van der Waals surface area contributed by atoms with Gasteiger partial charge in [0.05, 0.1) is 35.3 Å². The SMILES string of the molecule is CCC(c1cccc(C(F)(F)F)c1)n1cc(-c2nc(-c3cnn(C)c3)cc3nccn23)cn1. The second-order valence-corrected chi connectivity index (χ2v) is 7.78. The quantitative estimate of drug-likeness (QED) is 0.377. The number of fused-ring (bicyclic) bond motifs is 1. The Morgan fingerprint density at radius 1 is 1.03 bits per heavy atom. The number of benzene rings is 1. The number of hydrogen-bond acceptors (Lipinski definition) is 4. The van der Waals surface area contributed by atoms with Crippen LogP contribution in [-0.4, -0.2) is 33.9 Å². The lowest BCUT2D eigenvalue weighted by molar-refractivity contribution is -0.137. The highest BCUT2D eigenvalue weighted by Crippen LogP contribution is 2.33. The maximum Gasteiger partial charge on any atom is 0.416 e. The Hall–Kier alpha value is -3.95. The monoisotopic (exact) mass is 451 g/mol. The van der Waals surface area contributed by atoms with Crippen molar-refractivity contribution in [2.75, 3.05) is 0 Å². The summed E-state index contributed by atoms with van der Waals surface area (Å²) in [6.07, 6.45) is 6.76. The zero-order valence-corrected chi connectivity index (χ0v) is 17.9. The van der Waals surface area contributed by atoms with Crippen LogP contribution < -0.4 is 0 Å². The molecule has 10 heteroatoms. The molecule has 0 N–H and O–H groups in total. The summed E-state index contributed by atoms with van der Waals surface area (Å²) >= 11 is 0. The molecule has 1 atom stereocenters. The van der Waals surface area contributed by atoms with Crippen molar-refractivity contribution in [2.45, 2.75) is 25.6 Å². The van der Waals surface area contributed by atoms with Gasteiger partial charge in [0.15, 0.2) is 0 Å². The van der Waals surface area contributed by atoms with Gasteiger partial charge in [-0.25, -0.2) is 9.97 Å². The first-order valence-electron chi connectivity index (χ1n) is 10.4. The van der Waals surface area contributed by atoms with E-state index in [1.807, 2.05) is 43.0 Å². The smallest absolute Gasteiger partial charge is 0.284 e. The predicted octanol–water partition coefficient (Wildman–Crippen LogP) is 5.01. The third-order valence-electron chi connectivity index (χ3n) is 5.55. The van der Waals surface area contributed by atoms with Crippen LogP contribution in [0.4, 0.5) is 13.2 Å². The summed E-state index contributed by atoms with van der Waals surface area (Å²) in [5, 5.41) is 8.69. The van der Waals surface area contributed by atoms with Crippen molar-refractivity contribution in [3.63, 3.8) is 0 Å². The topological polar surface area (TPSA) is 65.8 Å². The molecule has 0 amide bonds. The van der Waals surface area contributed by atoms with Crippen molar-refractivity contribution in [1.29, 1.82) is 0 Å². The lowest BCUT2D eigenvalue weighted by Crippen LogP contribution is -2.12.